The Balaban J connectivity index is 1.40. The lowest BCUT2D eigenvalue weighted by molar-refractivity contribution is 1.04. The van der Waals surface area contributed by atoms with E-state index in [1.807, 2.05) is 60.1 Å². The highest BCUT2D eigenvalue weighted by atomic mass is 15.1. The smallest absolute Gasteiger partial charge is 0.227 e. The standard InChI is InChI=1S/C23H22N8/c1-30(2)21-8-6-18(13-26-21)27-23-25-11-9-19(29-23)20-15-31-14-17(5-7-22(31)28-20)16-4-3-10-24-12-16/h3-9,11-16H,10H2,1-2H3,(H,25,27,29). The second kappa shape index (κ2) is 7.98. The van der Waals surface area contributed by atoms with Crippen molar-refractivity contribution < 1.29 is 0 Å². The number of nitrogens with zero attached hydrogens (tertiary/aromatic N) is 7. The molecule has 0 aliphatic carbocycles. The number of rotatable bonds is 5. The molecule has 0 aromatic carbocycles. The quantitative estimate of drug-likeness (QED) is 0.505. The molecule has 0 bridgehead atoms. The van der Waals surface area contributed by atoms with E-state index in [4.69, 9.17) is 4.98 Å². The van der Waals surface area contributed by atoms with E-state index in [0.29, 0.717) is 5.95 Å². The molecular weight excluding hydrogens is 388 g/mol. The van der Waals surface area contributed by atoms with E-state index in [9.17, 15) is 0 Å². The van der Waals surface area contributed by atoms with Gasteiger partial charge < -0.3 is 14.6 Å². The molecular formula is C23H22N8. The number of aromatic nitrogens is 5. The maximum Gasteiger partial charge on any atom is 0.227 e. The Morgan fingerprint density at radius 1 is 1.00 bits per heavy atom. The molecule has 5 rings (SSSR count). The first-order valence-electron chi connectivity index (χ1n) is 10.0. The molecule has 8 heteroatoms. The first-order chi connectivity index (χ1) is 15.2. The summed E-state index contributed by atoms with van der Waals surface area (Å²) in [5.74, 6) is 1.59. The molecule has 0 fully saturated rings. The van der Waals surface area contributed by atoms with Crippen LogP contribution in [0.5, 0.6) is 0 Å². The monoisotopic (exact) mass is 410 g/mol. The highest BCUT2D eigenvalue weighted by Crippen LogP contribution is 2.23. The maximum atomic E-state index is 4.72. The number of hydrogen-bond acceptors (Lipinski definition) is 7. The van der Waals surface area contributed by atoms with Crippen LogP contribution in [0.25, 0.3) is 17.0 Å². The van der Waals surface area contributed by atoms with Crippen LogP contribution in [0.3, 0.4) is 0 Å². The molecule has 1 aliphatic heterocycles. The summed E-state index contributed by atoms with van der Waals surface area (Å²) >= 11 is 0. The van der Waals surface area contributed by atoms with Crippen LogP contribution in [0.15, 0.2) is 72.3 Å². The number of imidazole rings is 1. The fraction of sp³-hybridized carbons (Fsp3) is 0.174. The zero-order valence-corrected chi connectivity index (χ0v) is 17.3. The molecule has 1 atom stereocenters. The van der Waals surface area contributed by atoms with Crippen LogP contribution in [0.4, 0.5) is 17.5 Å². The first kappa shape index (κ1) is 18.9. The van der Waals surface area contributed by atoms with E-state index in [1.165, 1.54) is 5.56 Å². The molecule has 1 aliphatic rings. The number of dihydropyridines is 1. The van der Waals surface area contributed by atoms with E-state index in [2.05, 4.69) is 49.7 Å². The van der Waals surface area contributed by atoms with E-state index in [0.717, 1.165) is 35.1 Å². The third-order valence-corrected chi connectivity index (χ3v) is 5.06. The van der Waals surface area contributed by atoms with Crippen molar-refractivity contribution in [2.75, 3.05) is 30.9 Å². The minimum atomic E-state index is 0.200. The third-order valence-electron chi connectivity index (χ3n) is 5.06. The number of allylic oxidation sites excluding steroid dienone is 1. The Labute approximate surface area is 180 Å². The van der Waals surface area contributed by atoms with Crippen LogP contribution < -0.4 is 10.2 Å². The molecule has 8 nitrogen and oxygen atoms in total. The highest BCUT2D eigenvalue weighted by molar-refractivity contribution is 5.72. The molecule has 0 radical (unpaired) electrons. The van der Waals surface area contributed by atoms with Crippen LogP contribution >= 0.6 is 0 Å². The molecule has 0 amide bonds. The Hall–Kier alpha value is -4.07. The van der Waals surface area contributed by atoms with Gasteiger partial charge in [0.1, 0.15) is 17.2 Å². The molecule has 5 heterocycles. The average molecular weight is 410 g/mol. The normalized spacial score (nSPS) is 15.4. The second-order valence-electron chi connectivity index (χ2n) is 7.51. The Morgan fingerprint density at radius 2 is 1.94 bits per heavy atom. The van der Waals surface area contributed by atoms with Gasteiger partial charge in [0.25, 0.3) is 0 Å². The van der Waals surface area contributed by atoms with Gasteiger partial charge in [-0.2, -0.15) is 0 Å². The predicted octanol–water partition coefficient (Wildman–Crippen LogP) is 3.72. The predicted molar refractivity (Wildman–Crippen MR) is 123 cm³/mol. The summed E-state index contributed by atoms with van der Waals surface area (Å²) in [5.41, 5.74) is 4.41. The van der Waals surface area contributed by atoms with Crippen LogP contribution in [0.2, 0.25) is 0 Å². The summed E-state index contributed by atoms with van der Waals surface area (Å²) < 4.78 is 2.03. The number of anilines is 3. The lowest BCUT2D eigenvalue weighted by Crippen LogP contribution is -2.10. The number of nitrogens with one attached hydrogen (secondary N) is 1. The fourth-order valence-electron chi connectivity index (χ4n) is 3.43. The summed E-state index contributed by atoms with van der Waals surface area (Å²) in [6.45, 7) is 0.758. The van der Waals surface area contributed by atoms with Gasteiger partial charge in [0.2, 0.25) is 5.95 Å². The van der Waals surface area contributed by atoms with Gasteiger partial charge in [0, 0.05) is 44.8 Å². The molecule has 4 aromatic rings. The van der Waals surface area contributed by atoms with Crippen molar-refractivity contribution in [1.82, 2.24) is 24.3 Å². The largest absolute Gasteiger partial charge is 0.363 e. The summed E-state index contributed by atoms with van der Waals surface area (Å²) in [4.78, 5) is 24.4. The molecule has 4 aromatic heterocycles. The van der Waals surface area contributed by atoms with E-state index in [1.54, 1.807) is 12.4 Å². The molecule has 31 heavy (non-hydrogen) atoms. The molecule has 0 saturated heterocycles. The number of pyridine rings is 2. The molecule has 0 spiro atoms. The fourth-order valence-corrected chi connectivity index (χ4v) is 3.43. The summed E-state index contributed by atoms with van der Waals surface area (Å²) in [6, 6.07) is 9.87. The maximum absolute atomic E-state index is 4.72. The second-order valence-corrected chi connectivity index (χ2v) is 7.51. The zero-order chi connectivity index (χ0) is 21.2. The summed E-state index contributed by atoms with van der Waals surface area (Å²) in [5, 5.41) is 3.21. The molecule has 1 unspecified atom stereocenters. The van der Waals surface area contributed by atoms with Gasteiger partial charge >= 0.3 is 0 Å². The minimum absolute atomic E-state index is 0.200. The summed E-state index contributed by atoms with van der Waals surface area (Å²) in [6.07, 6.45) is 13.8. The third kappa shape index (κ3) is 4.00. The summed E-state index contributed by atoms with van der Waals surface area (Å²) in [7, 11) is 3.92. The van der Waals surface area contributed by atoms with Crippen molar-refractivity contribution in [3.8, 4) is 11.4 Å². The number of fused-ring (bicyclic) bond motifs is 1. The van der Waals surface area contributed by atoms with Gasteiger partial charge in [0.05, 0.1) is 24.1 Å². The van der Waals surface area contributed by atoms with Crippen LogP contribution in [-0.2, 0) is 0 Å². The van der Waals surface area contributed by atoms with Crippen LogP contribution in [0.1, 0.15) is 11.5 Å². The van der Waals surface area contributed by atoms with Gasteiger partial charge in [-0.3, -0.25) is 4.99 Å². The SMILES string of the molecule is CN(C)c1ccc(Nc2nccc(-c3cn4cc(C5C=CCN=C5)ccc4n3)n2)cn1. The Morgan fingerprint density at radius 3 is 2.71 bits per heavy atom. The van der Waals surface area contributed by atoms with Gasteiger partial charge in [-0.25, -0.2) is 19.9 Å². The average Bonchev–Trinajstić information content (AvgIpc) is 3.24. The highest BCUT2D eigenvalue weighted by Gasteiger charge is 2.12. The van der Waals surface area contributed by atoms with Crippen LogP contribution in [-0.4, -0.2) is 51.2 Å². The Kier molecular flexibility index (Phi) is 4.87. The van der Waals surface area contributed by atoms with Crippen LogP contribution in [0, 0.1) is 0 Å². The van der Waals surface area contributed by atoms with Crippen molar-refractivity contribution in [2.45, 2.75) is 5.92 Å². The van der Waals surface area contributed by atoms with Gasteiger partial charge in [-0.15, -0.1) is 0 Å². The Bertz CT molecular complexity index is 1260. The lowest BCUT2D eigenvalue weighted by Gasteiger charge is -2.11. The minimum Gasteiger partial charge on any atom is -0.363 e. The number of hydrogen-bond donors (Lipinski definition) is 1. The van der Waals surface area contributed by atoms with Crippen molar-refractivity contribution in [2.24, 2.45) is 4.99 Å². The van der Waals surface area contributed by atoms with Gasteiger partial charge in [-0.1, -0.05) is 18.2 Å². The van der Waals surface area contributed by atoms with Crippen molar-refractivity contribution in [3.63, 3.8) is 0 Å². The zero-order valence-electron chi connectivity index (χ0n) is 17.3. The van der Waals surface area contributed by atoms with E-state index < -0.39 is 0 Å². The lowest BCUT2D eigenvalue weighted by atomic mass is 10.0. The number of aliphatic imine (C=N–C) groups is 1. The van der Waals surface area contributed by atoms with Gasteiger partial charge in [-0.05, 0) is 29.8 Å². The topological polar surface area (TPSA) is 83.6 Å². The molecule has 0 saturated carbocycles. The van der Waals surface area contributed by atoms with Crippen molar-refractivity contribution >= 4 is 29.3 Å². The molecule has 154 valence electrons. The first-order valence-corrected chi connectivity index (χ1v) is 10.0. The van der Waals surface area contributed by atoms with Crippen molar-refractivity contribution in [1.29, 1.82) is 0 Å². The van der Waals surface area contributed by atoms with Gasteiger partial charge in [0.15, 0.2) is 0 Å². The molecule has 1 N–H and O–H groups in total. The van der Waals surface area contributed by atoms with E-state index >= 15 is 0 Å². The van der Waals surface area contributed by atoms with E-state index in [-0.39, 0.29) is 5.92 Å². The van der Waals surface area contributed by atoms with Crippen molar-refractivity contribution in [3.05, 3.63) is 72.8 Å².